The maximum Gasteiger partial charge on any atom is 0.295 e. The molecule has 154 valence electrons. The van der Waals surface area contributed by atoms with E-state index in [1.54, 1.807) is 36.4 Å². The number of sulfonamides is 1. The lowest BCUT2D eigenvalue weighted by molar-refractivity contribution is -0.384. The van der Waals surface area contributed by atoms with E-state index in [1.807, 2.05) is 0 Å². The highest BCUT2D eigenvalue weighted by atomic mass is 35.5. The van der Waals surface area contributed by atoms with Gasteiger partial charge in [0.05, 0.1) is 21.7 Å². The summed E-state index contributed by atoms with van der Waals surface area (Å²) >= 11 is 11.9. The van der Waals surface area contributed by atoms with Gasteiger partial charge in [-0.05, 0) is 36.4 Å². The molecule has 0 aromatic heterocycles. The summed E-state index contributed by atoms with van der Waals surface area (Å²) < 4.78 is 27.5. The molecule has 8 nitrogen and oxygen atoms in total. The highest BCUT2D eigenvalue weighted by Gasteiger charge is 2.21. The number of halogens is 2. The topological polar surface area (TPSA) is 114 Å². The Bertz CT molecular complexity index is 1230. The Hall–Kier alpha value is -3.14. The number of nitro groups is 1. The molecule has 0 atom stereocenters. The number of hydrazone groups is 1. The molecule has 0 bridgehead atoms. The van der Waals surface area contributed by atoms with Gasteiger partial charge in [-0.2, -0.15) is 5.10 Å². The quantitative estimate of drug-likeness (QED) is 0.285. The smallest absolute Gasteiger partial charge is 0.280 e. The number of anilines is 2. The molecule has 0 spiro atoms. The fraction of sp³-hybridized carbons (Fsp3) is 0. The van der Waals surface area contributed by atoms with Gasteiger partial charge in [-0.1, -0.05) is 47.5 Å². The Morgan fingerprint density at radius 1 is 1.00 bits per heavy atom. The van der Waals surface area contributed by atoms with E-state index in [4.69, 9.17) is 23.2 Å². The second kappa shape index (κ2) is 9.12. The van der Waals surface area contributed by atoms with Crippen molar-refractivity contribution in [3.05, 3.63) is 92.5 Å². The molecule has 0 heterocycles. The van der Waals surface area contributed by atoms with Gasteiger partial charge in [-0.15, -0.1) is 0 Å². The normalized spacial score (nSPS) is 11.4. The third-order valence-electron chi connectivity index (χ3n) is 3.85. The van der Waals surface area contributed by atoms with Crippen LogP contribution >= 0.6 is 23.2 Å². The second-order valence-corrected chi connectivity index (χ2v) is 8.47. The van der Waals surface area contributed by atoms with Gasteiger partial charge < -0.3 is 0 Å². The van der Waals surface area contributed by atoms with Crippen molar-refractivity contribution in [3.63, 3.8) is 0 Å². The van der Waals surface area contributed by atoms with Crippen LogP contribution in [0.2, 0.25) is 10.0 Å². The van der Waals surface area contributed by atoms with Crippen LogP contribution in [0.15, 0.2) is 76.7 Å². The molecule has 3 rings (SSSR count). The molecule has 0 aliphatic rings. The molecule has 0 saturated heterocycles. The Morgan fingerprint density at radius 3 is 2.47 bits per heavy atom. The Morgan fingerprint density at radius 2 is 1.77 bits per heavy atom. The first-order chi connectivity index (χ1) is 14.3. The van der Waals surface area contributed by atoms with E-state index in [-0.39, 0.29) is 16.3 Å². The molecule has 0 aliphatic carbocycles. The standard InChI is InChI=1S/C19H14Cl2N4O4S/c20-14-5-3-6-15(10-14)24-30(28,29)16-8-9-18(19(11-16)25(26)27)23-22-12-13-4-1-2-7-17(13)21/h1-12,23-24H/b22-12+. The number of benzene rings is 3. The lowest BCUT2D eigenvalue weighted by Gasteiger charge is -2.09. The van der Waals surface area contributed by atoms with Gasteiger partial charge in [-0.3, -0.25) is 20.3 Å². The molecule has 11 heteroatoms. The summed E-state index contributed by atoms with van der Waals surface area (Å²) in [5.41, 5.74) is 2.95. The monoisotopic (exact) mass is 464 g/mol. The van der Waals surface area contributed by atoms with Crippen LogP contribution in [0, 0.1) is 10.1 Å². The van der Waals surface area contributed by atoms with Crippen molar-refractivity contribution in [2.45, 2.75) is 4.90 Å². The first-order valence-electron chi connectivity index (χ1n) is 8.37. The highest BCUT2D eigenvalue weighted by molar-refractivity contribution is 7.92. The number of hydrogen-bond donors (Lipinski definition) is 2. The summed E-state index contributed by atoms with van der Waals surface area (Å²) in [6, 6.07) is 16.5. The molecule has 0 unspecified atom stereocenters. The molecule has 0 saturated carbocycles. The molecule has 3 aromatic carbocycles. The predicted molar refractivity (Wildman–Crippen MR) is 118 cm³/mol. The van der Waals surface area contributed by atoms with Crippen LogP contribution in [-0.2, 0) is 10.0 Å². The van der Waals surface area contributed by atoms with Crippen LogP contribution in [0.5, 0.6) is 0 Å². The lowest BCUT2D eigenvalue weighted by atomic mass is 10.2. The number of nitrogens with zero attached hydrogens (tertiary/aromatic N) is 2. The molecular weight excluding hydrogens is 451 g/mol. The maximum absolute atomic E-state index is 12.6. The fourth-order valence-corrected chi connectivity index (χ4v) is 3.89. The van der Waals surface area contributed by atoms with Gasteiger partial charge in [0, 0.05) is 21.7 Å². The Labute approximate surface area is 182 Å². The van der Waals surface area contributed by atoms with Crippen LogP contribution in [0.3, 0.4) is 0 Å². The fourth-order valence-electron chi connectivity index (χ4n) is 2.44. The summed E-state index contributed by atoms with van der Waals surface area (Å²) in [6.45, 7) is 0. The zero-order valence-electron chi connectivity index (χ0n) is 15.1. The lowest BCUT2D eigenvalue weighted by Crippen LogP contribution is -2.13. The van der Waals surface area contributed by atoms with Gasteiger partial charge >= 0.3 is 0 Å². The SMILES string of the molecule is O=[N+]([O-])c1cc(S(=O)(=O)Nc2cccc(Cl)c2)ccc1N/N=C/c1ccccc1Cl. The van der Waals surface area contributed by atoms with E-state index in [0.717, 1.165) is 6.07 Å². The molecule has 0 amide bonds. The number of rotatable bonds is 7. The van der Waals surface area contributed by atoms with Gasteiger partial charge in [0.25, 0.3) is 15.7 Å². The first kappa shape index (κ1) is 21.6. The minimum Gasteiger partial charge on any atom is -0.280 e. The average Bonchev–Trinajstić information content (AvgIpc) is 2.69. The first-order valence-corrected chi connectivity index (χ1v) is 10.6. The van der Waals surface area contributed by atoms with E-state index >= 15 is 0 Å². The van der Waals surface area contributed by atoms with Crippen molar-refractivity contribution in [1.29, 1.82) is 0 Å². The predicted octanol–water partition coefficient (Wildman–Crippen LogP) is 5.15. The second-order valence-electron chi connectivity index (χ2n) is 5.94. The molecule has 30 heavy (non-hydrogen) atoms. The third-order valence-corrected chi connectivity index (χ3v) is 5.81. The Balaban J connectivity index is 1.86. The van der Waals surface area contributed by atoms with Gasteiger partial charge in [0.1, 0.15) is 5.69 Å². The van der Waals surface area contributed by atoms with Crippen molar-refractivity contribution in [2.24, 2.45) is 5.10 Å². The van der Waals surface area contributed by atoms with Crippen LogP contribution < -0.4 is 10.1 Å². The number of nitrogens with one attached hydrogen (secondary N) is 2. The van der Waals surface area contributed by atoms with Crippen LogP contribution in [0.25, 0.3) is 0 Å². The third kappa shape index (κ3) is 5.26. The van der Waals surface area contributed by atoms with Crippen molar-refractivity contribution >= 4 is 56.5 Å². The van der Waals surface area contributed by atoms with E-state index in [9.17, 15) is 18.5 Å². The van der Waals surface area contributed by atoms with E-state index in [2.05, 4.69) is 15.2 Å². The van der Waals surface area contributed by atoms with Crippen molar-refractivity contribution in [2.75, 3.05) is 10.1 Å². The zero-order valence-corrected chi connectivity index (χ0v) is 17.4. The summed E-state index contributed by atoms with van der Waals surface area (Å²) in [5.74, 6) is 0. The van der Waals surface area contributed by atoms with E-state index in [1.165, 1.54) is 30.5 Å². The van der Waals surface area contributed by atoms with Gasteiger partial charge in [-0.25, -0.2) is 8.42 Å². The average molecular weight is 465 g/mol. The Kier molecular flexibility index (Phi) is 6.56. The molecule has 3 aromatic rings. The summed E-state index contributed by atoms with van der Waals surface area (Å²) in [5, 5.41) is 16.2. The van der Waals surface area contributed by atoms with Crippen LogP contribution in [0.4, 0.5) is 17.1 Å². The van der Waals surface area contributed by atoms with Gasteiger partial charge in [0.2, 0.25) is 0 Å². The highest BCUT2D eigenvalue weighted by Crippen LogP contribution is 2.29. The zero-order chi connectivity index (χ0) is 21.7. The molecular formula is C19H14Cl2N4O4S. The van der Waals surface area contributed by atoms with Gasteiger partial charge in [0.15, 0.2) is 0 Å². The van der Waals surface area contributed by atoms with E-state index in [0.29, 0.717) is 15.6 Å². The molecule has 2 N–H and O–H groups in total. The van der Waals surface area contributed by atoms with Crippen LogP contribution in [-0.4, -0.2) is 19.6 Å². The summed E-state index contributed by atoms with van der Waals surface area (Å²) in [4.78, 5) is 10.5. The van der Waals surface area contributed by atoms with Crippen molar-refractivity contribution < 1.29 is 13.3 Å². The van der Waals surface area contributed by atoms with Crippen molar-refractivity contribution in [1.82, 2.24) is 0 Å². The summed E-state index contributed by atoms with van der Waals surface area (Å²) in [6.07, 6.45) is 1.40. The number of nitro benzene ring substituents is 1. The molecule has 0 fully saturated rings. The summed E-state index contributed by atoms with van der Waals surface area (Å²) in [7, 11) is -4.07. The minimum absolute atomic E-state index is 0.0185. The largest absolute Gasteiger partial charge is 0.295 e. The number of hydrogen-bond acceptors (Lipinski definition) is 6. The van der Waals surface area contributed by atoms with Crippen molar-refractivity contribution in [3.8, 4) is 0 Å². The maximum atomic E-state index is 12.6. The van der Waals surface area contributed by atoms with Crippen LogP contribution in [0.1, 0.15) is 5.56 Å². The molecule has 0 aliphatic heterocycles. The van der Waals surface area contributed by atoms with E-state index < -0.39 is 20.6 Å². The molecule has 0 radical (unpaired) electrons. The minimum atomic E-state index is -4.07.